The number of rotatable bonds is 7. The summed E-state index contributed by atoms with van der Waals surface area (Å²) in [4.78, 5) is 0. The predicted octanol–water partition coefficient (Wildman–Crippen LogP) is 2.11. The Bertz CT molecular complexity index is 937. The molecule has 0 amide bonds. The van der Waals surface area contributed by atoms with E-state index in [-0.39, 0.29) is 13.2 Å². The molecule has 0 bridgehead atoms. The maximum Gasteiger partial charge on any atom is 0.187 e. The molecule has 38 heavy (non-hydrogen) atoms. The molecule has 11 heteroatoms. The molecule has 0 aromatic heterocycles. The summed E-state index contributed by atoms with van der Waals surface area (Å²) in [6.07, 6.45) is -6.68. The van der Waals surface area contributed by atoms with Crippen LogP contribution in [0.3, 0.4) is 0 Å². The predicted molar refractivity (Wildman–Crippen MR) is 131 cm³/mol. The fourth-order valence-corrected chi connectivity index (χ4v) is 5.47. The summed E-state index contributed by atoms with van der Waals surface area (Å²) in [5, 5.41) is 11.5. The summed E-state index contributed by atoms with van der Waals surface area (Å²) >= 11 is 0. The van der Waals surface area contributed by atoms with Gasteiger partial charge in [0.2, 0.25) is 0 Å². The van der Waals surface area contributed by atoms with Crippen LogP contribution in [-0.4, -0.2) is 98.9 Å². The minimum Gasteiger partial charge on any atom is -0.497 e. The highest BCUT2D eigenvalue weighted by atomic mass is 16.8. The van der Waals surface area contributed by atoms with Crippen molar-refractivity contribution < 1.29 is 52.5 Å². The Kier molecular flexibility index (Phi) is 8.07. The van der Waals surface area contributed by atoms with E-state index in [1.54, 1.807) is 28.1 Å². The van der Waals surface area contributed by atoms with Crippen molar-refractivity contribution in [2.45, 2.75) is 114 Å². The molecule has 4 aliphatic rings. The van der Waals surface area contributed by atoms with Crippen LogP contribution in [0.2, 0.25) is 0 Å². The first kappa shape index (κ1) is 28.2. The molecule has 1 aromatic carbocycles. The first-order valence-corrected chi connectivity index (χ1v) is 13.1. The normalized spacial score (nSPS) is 41.8. The second-order valence-corrected chi connectivity index (χ2v) is 11.1. The number of aliphatic hydroxyl groups excluding tert-OH is 1. The Balaban J connectivity index is 1.37. The molecule has 214 valence electrons. The van der Waals surface area contributed by atoms with Gasteiger partial charge in [0.25, 0.3) is 0 Å². The molecule has 4 saturated heterocycles. The zero-order valence-electron chi connectivity index (χ0n) is 23.0. The molecule has 10 unspecified atom stereocenters. The molecule has 0 radical (unpaired) electrons. The molecule has 4 aliphatic heterocycles. The number of aliphatic hydroxyl groups is 1. The maximum atomic E-state index is 11.5. The average Bonchev–Trinajstić information content (AvgIpc) is 3.20. The van der Waals surface area contributed by atoms with Gasteiger partial charge in [-0.2, -0.15) is 0 Å². The first-order chi connectivity index (χ1) is 18.0. The van der Waals surface area contributed by atoms with Gasteiger partial charge in [-0.15, -0.1) is 0 Å². The van der Waals surface area contributed by atoms with Crippen molar-refractivity contribution in [3.05, 3.63) is 29.8 Å². The molecule has 0 saturated carbocycles. The fourth-order valence-electron chi connectivity index (χ4n) is 5.47. The molecule has 1 aromatic rings. The van der Waals surface area contributed by atoms with Gasteiger partial charge in [-0.25, -0.2) is 0 Å². The number of fused-ring (bicyclic) bond motifs is 2. The van der Waals surface area contributed by atoms with Crippen molar-refractivity contribution in [2.75, 3.05) is 20.8 Å². The van der Waals surface area contributed by atoms with Crippen molar-refractivity contribution in [3.8, 4) is 5.75 Å². The van der Waals surface area contributed by atoms with Gasteiger partial charge in [-0.3, -0.25) is 0 Å². The van der Waals surface area contributed by atoms with Crippen LogP contribution in [0.25, 0.3) is 0 Å². The molecule has 4 fully saturated rings. The third-order valence-electron chi connectivity index (χ3n) is 7.32. The lowest BCUT2D eigenvalue weighted by Gasteiger charge is -2.51. The summed E-state index contributed by atoms with van der Waals surface area (Å²) < 4.78 is 60.1. The highest BCUT2D eigenvalue weighted by Crippen LogP contribution is 2.41. The van der Waals surface area contributed by atoms with E-state index in [4.69, 9.17) is 47.4 Å². The summed E-state index contributed by atoms with van der Waals surface area (Å²) in [5.41, 5.74) is 0.902. The molecule has 0 aliphatic carbocycles. The third kappa shape index (κ3) is 5.73. The summed E-state index contributed by atoms with van der Waals surface area (Å²) in [6, 6.07) is 7.51. The van der Waals surface area contributed by atoms with Crippen LogP contribution in [-0.2, 0) is 49.2 Å². The van der Waals surface area contributed by atoms with Gasteiger partial charge in [0, 0.05) is 7.11 Å². The van der Waals surface area contributed by atoms with E-state index in [2.05, 4.69) is 0 Å². The van der Waals surface area contributed by atoms with Gasteiger partial charge in [-0.1, -0.05) is 12.1 Å². The molecule has 10 atom stereocenters. The van der Waals surface area contributed by atoms with Gasteiger partial charge >= 0.3 is 0 Å². The SMILES string of the molecule is COc1ccc(COC2C(OC3C(C)OC(OC)C4OC(C)(C)OC34)OC3COC(C)(C)OC3C2O)cc1. The van der Waals surface area contributed by atoms with E-state index in [1.165, 1.54) is 0 Å². The number of hydrogen-bond acceptors (Lipinski definition) is 11. The van der Waals surface area contributed by atoms with Crippen molar-refractivity contribution in [3.63, 3.8) is 0 Å². The van der Waals surface area contributed by atoms with Crippen molar-refractivity contribution in [2.24, 2.45) is 0 Å². The standard InChI is InChI=1S/C27H40O11/c1-14-19(22-23(24(30-7)33-14)38-27(4,5)37-22)35-25-21(31-12-15-8-10-16(29-6)11-9-15)18(28)20-17(34-25)13-32-26(2,3)36-20/h8-11,14,17-25,28H,12-13H2,1-7H3. The van der Waals surface area contributed by atoms with Crippen LogP contribution in [0.1, 0.15) is 40.2 Å². The highest BCUT2D eigenvalue weighted by Gasteiger charge is 2.58. The second kappa shape index (κ2) is 10.9. The summed E-state index contributed by atoms with van der Waals surface area (Å²) in [7, 11) is 3.18. The highest BCUT2D eigenvalue weighted by molar-refractivity contribution is 5.26. The number of benzene rings is 1. The lowest BCUT2D eigenvalue weighted by Crippen LogP contribution is -2.67. The van der Waals surface area contributed by atoms with E-state index in [9.17, 15) is 5.11 Å². The quantitative estimate of drug-likeness (QED) is 0.549. The smallest absolute Gasteiger partial charge is 0.187 e. The average molecular weight is 541 g/mol. The van der Waals surface area contributed by atoms with Crippen LogP contribution < -0.4 is 4.74 Å². The summed E-state index contributed by atoms with van der Waals surface area (Å²) in [6.45, 7) is 9.62. The fraction of sp³-hybridized carbons (Fsp3) is 0.778. The molecule has 1 N–H and O–H groups in total. The Labute approximate surface area is 223 Å². The van der Waals surface area contributed by atoms with Crippen molar-refractivity contribution in [1.82, 2.24) is 0 Å². The van der Waals surface area contributed by atoms with Crippen molar-refractivity contribution in [1.29, 1.82) is 0 Å². The molecule has 0 spiro atoms. The van der Waals surface area contributed by atoms with Crippen LogP contribution in [0.15, 0.2) is 24.3 Å². The van der Waals surface area contributed by atoms with Crippen molar-refractivity contribution >= 4 is 0 Å². The topological polar surface area (TPSA) is 113 Å². The van der Waals surface area contributed by atoms with Gasteiger partial charge in [-0.05, 0) is 52.3 Å². The zero-order valence-corrected chi connectivity index (χ0v) is 23.0. The van der Waals surface area contributed by atoms with E-state index in [1.807, 2.05) is 45.0 Å². The monoisotopic (exact) mass is 540 g/mol. The van der Waals surface area contributed by atoms with Gasteiger partial charge in [0.1, 0.15) is 48.5 Å². The van der Waals surface area contributed by atoms with Crippen LogP contribution in [0.5, 0.6) is 5.75 Å². The lowest BCUT2D eigenvalue weighted by molar-refractivity contribution is -0.398. The minimum absolute atomic E-state index is 0.216. The first-order valence-electron chi connectivity index (χ1n) is 13.1. The third-order valence-corrected chi connectivity index (χ3v) is 7.32. The Hall–Kier alpha value is -1.38. The number of ether oxygens (including phenoxy) is 10. The molecule has 5 rings (SSSR count). The van der Waals surface area contributed by atoms with E-state index >= 15 is 0 Å². The molecular weight excluding hydrogens is 500 g/mol. The van der Waals surface area contributed by atoms with Gasteiger partial charge < -0.3 is 52.5 Å². The number of hydrogen-bond donors (Lipinski definition) is 1. The van der Waals surface area contributed by atoms with E-state index in [0.29, 0.717) is 0 Å². The lowest BCUT2D eigenvalue weighted by atomic mass is 9.96. The Morgan fingerprint density at radius 1 is 0.868 bits per heavy atom. The van der Waals surface area contributed by atoms with Crippen LogP contribution in [0.4, 0.5) is 0 Å². The van der Waals surface area contributed by atoms with E-state index in [0.717, 1.165) is 11.3 Å². The molecule has 4 heterocycles. The molecule has 11 nitrogen and oxygen atoms in total. The maximum absolute atomic E-state index is 11.5. The van der Waals surface area contributed by atoms with Gasteiger partial charge in [0.05, 0.1) is 26.4 Å². The summed E-state index contributed by atoms with van der Waals surface area (Å²) in [5.74, 6) is -0.970. The number of methoxy groups -OCH3 is 2. The second-order valence-electron chi connectivity index (χ2n) is 11.1. The van der Waals surface area contributed by atoms with E-state index < -0.39 is 73.0 Å². The molecular formula is C27H40O11. The Morgan fingerprint density at radius 2 is 1.55 bits per heavy atom. The van der Waals surface area contributed by atoms with Crippen LogP contribution >= 0.6 is 0 Å². The van der Waals surface area contributed by atoms with Crippen LogP contribution in [0, 0.1) is 0 Å². The van der Waals surface area contributed by atoms with Gasteiger partial charge in [0.15, 0.2) is 24.2 Å². The minimum atomic E-state index is -1.04. The zero-order chi connectivity index (χ0) is 27.2. The Morgan fingerprint density at radius 3 is 2.24 bits per heavy atom. The largest absolute Gasteiger partial charge is 0.497 e.